The summed E-state index contributed by atoms with van der Waals surface area (Å²) in [6.07, 6.45) is 0. The fourth-order valence-corrected chi connectivity index (χ4v) is 2.32. The molecule has 0 radical (unpaired) electrons. The Hall–Kier alpha value is -5.85. The first kappa shape index (κ1) is 42.2. The van der Waals surface area contributed by atoms with Gasteiger partial charge in [0.15, 0.2) is 0 Å². The zero-order chi connectivity index (χ0) is 30.1. The molecule has 0 saturated carbocycles. The number of nitrogens with zero attached hydrogens (tertiary/aromatic N) is 8. The normalized spacial score (nSPS) is 8.41. The van der Waals surface area contributed by atoms with E-state index in [1.165, 1.54) is 12.1 Å². The van der Waals surface area contributed by atoms with Crippen LogP contribution >= 0.6 is 0 Å². The maximum Gasteiger partial charge on any atom is 1.00 e. The number of hydrogen-bond donors (Lipinski definition) is 2. The van der Waals surface area contributed by atoms with Gasteiger partial charge in [-0.05, 0) is 60.7 Å². The molecule has 3 aromatic rings. The summed E-state index contributed by atoms with van der Waals surface area (Å²) >= 11 is 0. The third kappa shape index (κ3) is 19.0. The van der Waals surface area contributed by atoms with Crippen LogP contribution in [0.5, 0.6) is 0 Å². The summed E-state index contributed by atoms with van der Waals surface area (Å²) in [6.45, 7) is 1.94. The van der Waals surface area contributed by atoms with E-state index < -0.39 is 0 Å². The fourth-order valence-electron chi connectivity index (χ4n) is 2.32. The van der Waals surface area contributed by atoms with E-state index in [1.54, 1.807) is 54.0 Å². The highest BCUT2D eigenvalue weighted by Gasteiger charge is 2.06. The Labute approximate surface area is 240 Å². The van der Waals surface area contributed by atoms with Gasteiger partial charge in [0, 0.05) is 24.8 Å². The molecule has 0 aromatic heterocycles. The van der Waals surface area contributed by atoms with Crippen molar-refractivity contribution in [1.29, 1.82) is 10.9 Å². The maximum absolute atomic E-state index is 10.8. The van der Waals surface area contributed by atoms with E-state index in [9.17, 15) is 15.3 Å². The van der Waals surface area contributed by atoms with Crippen LogP contribution in [0.25, 0.3) is 0 Å². The van der Waals surface area contributed by atoms with E-state index in [0.717, 1.165) is 16.3 Å². The quantitative estimate of drug-likeness (QED) is 0.129. The van der Waals surface area contributed by atoms with Crippen molar-refractivity contribution in [3.63, 3.8) is 0 Å². The van der Waals surface area contributed by atoms with Gasteiger partial charge in [-0.2, -0.15) is 10.2 Å². The Morgan fingerprint density at radius 3 is 1.68 bits per heavy atom. The third-order valence-electron chi connectivity index (χ3n) is 4.32. The highest BCUT2D eigenvalue weighted by Crippen LogP contribution is 2.14. The zero-order valence-electron chi connectivity index (χ0n) is 22.5. The molecule has 41 heavy (non-hydrogen) atoms. The van der Waals surface area contributed by atoms with Crippen molar-refractivity contribution in [3.05, 3.63) is 120 Å². The number of nitrogens with one attached hydrogen (secondary N) is 2. The summed E-state index contributed by atoms with van der Waals surface area (Å²) in [5.41, 5.74) is 8.61. The minimum atomic E-state index is -0.00926. The van der Waals surface area contributed by atoms with Gasteiger partial charge < -0.3 is 15.7 Å². The van der Waals surface area contributed by atoms with E-state index in [2.05, 4.69) is 21.5 Å². The molecule has 0 heterocycles. The Morgan fingerprint density at radius 1 is 0.878 bits per heavy atom. The molecule has 3 rings (SSSR count). The van der Waals surface area contributed by atoms with Gasteiger partial charge in [0.2, 0.25) is 0 Å². The van der Waals surface area contributed by atoms with E-state index in [-0.39, 0.29) is 21.2 Å². The van der Waals surface area contributed by atoms with Crippen molar-refractivity contribution >= 4 is 17.1 Å². The molecule has 3 aromatic carbocycles. The molecular weight excluding hydrogens is 536 g/mol. The first-order valence-electron chi connectivity index (χ1n) is 10.5. The molecular formula is C25H36N10O6. The molecule has 0 spiro atoms. The first-order chi connectivity index (χ1) is 18.8. The molecule has 0 atom stereocenters. The number of rotatable bonds is 6. The largest absolute Gasteiger partial charge is 1.00 e. The van der Waals surface area contributed by atoms with Gasteiger partial charge in [0.25, 0.3) is 0 Å². The van der Waals surface area contributed by atoms with Crippen LogP contribution < -0.4 is 15.3 Å². The van der Waals surface area contributed by atoms with Crippen LogP contribution in [0.3, 0.4) is 0 Å². The molecule has 16 heteroatoms. The molecule has 0 aliphatic rings. The van der Waals surface area contributed by atoms with Crippen LogP contribution in [0.4, 0.5) is 17.1 Å². The molecule has 0 aliphatic carbocycles. The van der Waals surface area contributed by atoms with Gasteiger partial charge in [0.1, 0.15) is 16.3 Å². The molecule has 2 N–H and O–H groups in total. The average Bonchev–Trinajstić information content (AvgIpc) is 3.02. The summed E-state index contributed by atoms with van der Waals surface area (Å²) in [5.74, 6) is 0. The zero-order valence-corrected chi connectivity index (χ0v) is 21.5. The van der Waals surface area contributed by atoms with Gasteiger partial charge in [-0.15, -0.1) is 19.7 Å². The first-order valence-corrected chi connectivity index (χ1v) is 10.5. The van der Waals surface area contributed by atoms with Crippen LogP contribution in [0.1, 0.15) is 27.4 Å². The topological polar surface area (TPSA) is 233 Å². The number of para-hydroxylation sites is 1. The smallest absolute Gasteiger partial charge is 0.737 e. The van der Waals surface area contributed by atoms with Gasteiger partial charge in [-0.1, -0.05) is 56.3 Å². The predicted octanol–water partition coefficient (Wildman–Crippen LogP) is 7.36. The molecule has 0 unspecified atom stereocenters. The lowest BCUT2D eigenvalue weighted by molar-refractivity contribution is -0.535. The van der Waals surface area contributed by atoms with E-state index >= 15 is 0 Å². The van der Waals surface area contributed by atoms with E-state index in [4.69, 9.17) is 20.0 Å². The number of nitroso groups, excluding NO2 is 4. The monoisotopic (exact) mass is 572 g/mol. The Kier molecular flexibility index (Phi) is 28.0. The number of hydrogen-bond acceptors (Lipinski definition) is 11. The second-order valence-electron chi connectivity index (χ2n) is 6.74. The van der Waals surface area contributed by atoms with Gasteiger partial charge in [-0.3, -0.25) is 0 Å². The van der Waals surface area contributed by atoms with Gasteiger partial charge in [-0.25, -0.2) is 5.01 Å². The number of aryl methyl sites for hydroxylation is 1. The molecule has 16 nitrogen and oxygen atoms in total. The Morgan fingerprint density at radius 2 is 1.34 bits per heavy atom. The summed E-state index contributed by atoms with van der Waals surface area (Å²) in [5, 5.41) is 42.6. The molecule has 0 aliphatic heterocycles. The number of hydrazine groups is 1. The van der Waals surface area contributed by atoms with E-state index in [1.807, 2.05) is 62.5 Å². The summed E-state index contributed by atoms with van der Waals surface area (Å²) in [6, 6.07) is 25.8. The number of anilines is 3. The molecule has 0 bridgehead atoms. The SMILES string of the molecule is C.C.CN(N=O)c1ccc(C#N)cc1.CNc1ccccc1.Cc1ccc(N(C)/[N+]([O-])=N/[O-])cc1.N=O.O=NN=O.[H+]. The lowest BCUT2D eigenvalue weighted by atomic mass is 10.2. The molecule has 0 fully saturated rings. The second-order valence-corrected chi connectivity index (χ2v) is 6.74. The third-order valence-corrected chi connectivity index (χ3v) is 4.32. The minimum Gasteiger partial charge on any atom is -0.737 e. The molecule has 0 saturated heterocycles. The van der Waals surface area contributed by atoms with Crippen LogP contribution in [0.15, 0.2) is 100.0 Å². The van der Waals surface area contributed by atoms with Gasteiger partial charge in [0.05, 0.1) is 29.7 Å². The Bertz CT molecular complexity index is 1160. The van der Waals surface area contributed by atoms with E-state index in [0.29, 0.717) is 16.9 Å². The standard InChI is InChI=1S/C8H11N3O2.C8H7N3O.C7H9N.2CH4.N2O2.HNO/c1-7-3-5-8(6-4-7)10(2)11(13)9-12;1-11(10-12)8-4-2-7(6-9)3-5-8;1-8-7-5-3-2-4-6-7;;;3-1-2-4;1-2/h3-6,12H,1-2H3;2-5H,1H3;2-6,8H,1H3;2*1H4;;1H/b11-9-;;;;;;. The summed E-state index contributed by atoms with van der Waals surface area (Å²) < 4.78 is 0. The van der Waals surface area contributed by atoms with Crippen molar-refractivity contribution in [2.24, 2.45) is 21.1 Å². The van der Waals surface area contributed by atoms with Crippen LogP contribution in [0, 0.1) is 53.9 Å². The van der Waals surface area contributed by atoms with Crippen LogP contribution in [0.2, 0.25) is 0 Å². The van der Waals surface area contributed by atoms with Crippen molar-refractivity contribution in [2.45, 2.75) is 21.8 Å². The highest BCUT2D eigenvalue weighted by atomic mass is 16.6. The van der Waals surface area contributed by atoms with Crippen LogP contribution in [-0.4, -0.2) is 26.1 Å². The lowest BCUT2D eigenvalue weighted by Crippen LogP contribution is -2.24. The number of benzene rings is 3. The minimum absolute atomic E-state index is 0. The van der Waals surface area contributed by atoms with Crippen molar-refractivity contribution in [3.8, 4) is 6.07 Å². The summed E-state index contributed by atoms with van der Waals surface area (Å²) in [7, 11) is 4.93. The van der Waals surface area contributed by atoms with Crippen LogP contribution in [-0.2, 0) is 0 Å². The molecule has 0 amide bonds. The fraction of sp³-hybridized carbons (Fsp3) is 0.240. The van der Waals surface area contributed by atoms with Gasteiger partial charge >= 0.3 is 1.43 Å². The molecule has 222 valence electrons. The van der Waals surface area contributed by atoms with Crippen molar-refractivity contribution in [1.82, 2.24) is 0 Å². The predicted molar refractivity (Wildman–Crippen MR) is 163 cm³/mol. The van der Waals surface area contributed by atoms with Crippen molar-refractivity contribution in [2.75, 3.05) is 36.5 Å². The second kappa shape index (κ2) is 27.2. The lowest BCUT2D eigenvalue weighted by Gasteiger charge is -2.14. The summed E-state index contributed by atoms with van der Waals surface area (Å²) in [4.78, 5) is 34.5. The average molecular weight is 573 g/mol. The number of nitriles is 1. The Balaban J connectivity index is -0.000000146. The maximum atomic E-state index is 10.8. The van der Waals surface area contributed by atoms with Crippen molar-refractivity contribution < 1.29 is 6.40 Å². The highest BCUT2D eigenvalue weighted by molar-refractivity contribution is 5.48.